The van der Waals surface area contributed by atoms with Gasteiger partial charge in [-0.25, -0.2) is 0 Å². The van der Waals surface area contributed by atoms with Crippen LogP contribution in [0.15, 0.2) is 16.6 Å². The molecular weight excluding hydrogens is 277 g/mol. The van der Waals surface area contributed by atoms with E-state index >= 15 is 0 Å². The lowest BCUT2D eigenvalue weighted by Crippen LogP contribution is -2.11. The molecule has 0 aromatic heterocycles. The van der Waals surface area contributed by atoms with Gasteiger partial charge in [-0.05, 0) is 40.5 Å². The molecule has 0 spiro atoms. The van der Waals surface area contributed by atoms with Gasteiger partial charge in [-0.15, -0.1) is 0 Å². The summed E-state index contributed by atoms with van der Waals surface area (Å²) in [5.41, 5.74) is -1.30. The van der Waals surface area contributed by atoms with Crippen molar-refractivity contribution in [3.8, 4) is 5.75 Å². The van der Waals surface area contributed by atoms with Crippen LogP contribution >= 0.6 is 15.9 Å². The summed E-state index contributed by atoms with van der Waals surface area (Å²) < 4.78 is 37.6. The van der Waals surface area contributed by atoms with Crippen molar-refractivity contribution in [2.75, 3.05) is 0 Å². The normalized spacial score (nSPS) is 14.0. The molecule has 2 nitrogen and oxygen atoms in total. The van der Waals surface area contributed by atoms with Gasteiger partial charge in [0.25, 0.3) is 0 Å². The molecule has 1 rings (SSSR count). The van der Waals surface area contributed by atoms with E-state index in [0.717, 1.165) is 6.07 Å². The van der Waals surface area contributed by atoms with Crippen LogP contribution in [0.5, 0.6) is 5.75 Å². The highest BCUT2D eigenvalue weighted by Crippen LogP contribution is 2.39. The molecule has 1 unspecified atom stereocenters. The maximum Gasteiger partial charge on any atom is 0.416 e. The van der Waals surface area contributed by atoms with Gasteiger partial charge in [0.15, 0.2) is 0 Å². The van der Waals surface area contributed by atoms with Gasteiger partial charge in [-0.3, -0.25) is 0 Å². The van der Waals surface area contributed by atoms with Crippen molar-refractivity contribution in [2.45, 2.75) is 19.2 Å². The lowest BCUT2D eigenvalue weighted by molar-refractivity contribution is -0.139. The molecule has 0 amide bonds. The molecule has 0 fully saturated rings. The van der Waals surface area contributed by atoms with E-state index in [1.54, 1.807) is 0 Å². The van der Waals surface area contributed by atoms with E-state index in [9.17, 15) is 18.3 Å². The molecule has 0 saturated carbocycles. The highest BCUT2D eigenvalue weighted by atomic mass is 79.9. The highest BCUT2D eigenvalue weighted by Gasteiger charge is 2.35. The summed E-state index contributed by atoms with van der Waals surface area (Å²) in [6.45, 7) is 1.23. The van der Waals surface area contributed by atoms with E-state index < -0.39 is 23.6 Å². The molecule has 15 heavy (non-hydrogen) atoms. The number of hydrogen-bond donors (Lipinski definition) is 2. The van der Waals surface area contributed by atoms with E-state index in [1.165, 1.54) is 6.92 Å². The standard InChI is InChI=1S/C9H8BrF3O2/c1-4(14)5-2-7(10)8(15)3-6(5)9(11,12)13/h2-4,14-15H,1H3. The molecule has 0 heterocycles. The van der Waals surface area contributed by atoms with Crippen LogP contribution in [0.2, 0.25) is 0 Å². The first-order chi connectivity index (χ1) is 6.73. The Labute approximate surface area is 92.5 Å². The summed E-state index contributed by atoms with van der Waals surface area (Å²) in [6.07, 6.45) is -5.84. The van der Waals surface area contributed by atoms with Crippen molar-refractivity contribution in [1.82, 2.24) is 0 Å². The van der Waals surface area contributed by atoms with Gasteiger partial charge >= 0.3 is 6.18 Å². The van der Waals surface area contributed by atoms with E-state index in [2.05, 4.69) is 15.9 Å². The molecule has 84 valence electrons. The highest BCUT2D eigenvalue weighted by molar-refractivity contribution is 9.10. The van der Waals surface area contributed by atoms with Gasteiger partial charge in [0, 0.05) is 0 Å². The third-order valence-electron chi connectivity index (χ3n) is 1.87. The number of alkyl halides is 3. The fourth-order valence-electron chi connectivity index (χ4n) is 1.17. The quantitative estimate of drug-likeness (QED) is 0.831. The average molecular weight is 285 g/mol. The third-order valence-corrected chi connectivity index (χ3v) is 2.51. The predicted octanol–water partition coefficient (Wildman–Crippen LogP) is 3.23. The Balaban J connectivity index is 3.42. The minimum Gasteiger partial charge on any atom is -0.507 e. The van der Waals surface area contributed by atoms with Crippen molar-refractivity contribution in [2.24, 2.45) is 0 Å². The van der Waals surface area contributed by atoms with Crippen molar-refractivity contribution >= 4 is 15.9 Å². The Morgan fingerprint density at radius 2 is 1.87 bits per heavy atom. The van der Waals surface area contributed by atoms with Gasteiger partial charge in [-0.2, -0.15) is 13.2 Å². The van der Waals surface area contributed by atoms with Crippen LogP contribution in [0.3, 0.4) is 0 Å². The van der Waals surface area contributed by atoms with E-state index in [4.69, 9.17) is 5.11 Å². The van der Waals surface area contributed by atoms with Crippen molar-refractivity contribution in [1.29, 1.82) is 0 Å². The number of halogens is 4. The molecule has 1 aromatic rings. The fraction of sp³-hybridized carbons (Fsp3) is 0.333. The van der Waals surface area contributed by atoms with E-state index in [1.807, 2.05) is 0 Å². The largest absolute Gasteiger partial charge is 0.507 e. The minimum absolute atomic E-state index is 0.117. The second-order valence-corrected chi connectivity index (χ2v) is 3.92. The zero-order valence-corrected chi connectivity index (χ0v) is 9.22. The van der Waals surface area contributed by atoms with Crippen LogP contribution in [-0.2, 0) is 6.18 Å². The van der Waals surface area contributed by atoms with Crippen molar-refractivity contribution in [3.05, 3.63) is 27.7 Å². The Bertz CT molecular complexity index is 374. The SMILES string of the molecule is CC(O)c1cc(Br)c(O)cc1C(F)(F)F. The smallest absolute Gasteiger partial charge is 0.416 e. The second kappa shape index (κ2) is 4.02. The van der Waals surface area contributed by atoms with Crippen LogP contribution in [0.4, 0.5) is 13.2 Å². The lowest BCUT2D eigenvalue weighted by atomic mass is 10.0. The summed E-state index contributed by atoms with van der Waals surface area (Å²) in [6, 6.07) is 1.65. The van der Waals surface area contributed by atoms with Crippen molar-refractivity contribution in [3.63, 3.8) is 0 Å². The molecule has 1 atom stereocenters. The summed E-state index contributed by atoms with van der Waals surface area (Å²) in [5, 5.41) is 18.3. The average Bonchev–Trinajstić information content (AvgIpc) is 2.06. The molecule has 0 aliphatic heterocycles. The topological polar surface area (TPSA) is 40.5 Å². The molecule has 6 heteroatoms. The molecule has 0 radical (unpaired) electrons. The number of benzene rings is 1. The number of phenols is 1. The second-order valence-electron chi connectivity index (χ2n) is 3.06. The van der Waals surface area contributed by atoms with Gasteiger partial charge in [0.05, 0.1) is 16.1 Å². The maximum atomic E-state index is 12.5. The molecule has 1 aromatic carbocycles. The Hall–Kier alpha value is -0.750. The molecule has 0 bridgehead atoms. The van der Waals surface area contributed by atoms with Crippen LogP contribution < -0.4 is 0 Å². The van der Waals surface area contributed by atoms with Gasteiger partial charge < -0.3 is 10.2 Å². The monoisotopic (exact) mass is 284 g/mol. The maximum absolute atomic E-state index is 12.5. The number of aromatic hydroxyl groups is 1. The first-order valence-corrected chi connectivity index (χ1v) is 4.80. The van der Waals surface area contributed by atoms with Gasteiger partial charge in [0.1, 0.15) is 5.75 Å². The Morgan fingerprint density at radius 1 is 1.33 bits per heavy atom. The summed E-state index contributed by atoms with van der Waals surface area (Å²) >= 11 is 2.89. The fourth-order valence-corrected chi connectivity index (χ4v) is 1.53. The van der Waals surface area contributed by atoms with Crippen LogP contribution in [0, 0.1) is 0 Å². The van der Waals surface area contributed by atoms with E-state index in [0.29, 0.717) is 6.07 Å². The summed E-state index contributed by atoms with van der Waals surface area (Å²) in [7, 11) is 0. The first kappa shape index (κ1) is 12.3. The predicted molar refractivity (Wildman–Crippen MR) is 51.4 cm³/mol. The molecule has 0 saturated heterocycles. The van der Waals surface area contributed by atoms with Crippen LogP contribution in [0.25, 0.3) is 0 Å². The van der Waals surface area contributed by atoms with Crippen LogP contribution in [0.1, 0.15) is 24.2 Å². The van der Waals surface area contributed by atoms with E-state index in [-0.39, 0.29) is 10.0 Å². The first-order valence-electron chi connectivity index (χ1n) is 4.01. The number of hydrogen-bond acceptors (Lipinski definition) is 2. The number of aliphatic hydroxyl groups excluding tert-OH is 1. The van der Waals surface area contributed by atoms with Crippen molar-refractivity contribution < 1.29 is 23.4 Å². The number of aliphatic hydroxyl groups is 1. The molecule has 0 aliphatic carbocycles. The van der Waals surface area contributed by atoms with Crippen LogP contribution in [-0.4, -0.2) is 10.2 Å². The zero-order valence-electron chi connectivity index (χ0n) is 7.64. The number of phenolic OH excluding ortho intramolecular Hbond substituents is 1. The third kappa shape index (κ3) is 2.63. The molecular formula is C9H8BrF3O2. The minimum atomic E-state index is -4.59. The summed E-state index contributed by atoms with van der Waals surface area (Å²) in [4.78, 5) is 0. The van der Waals surface area contributed by atoms with Gasteiger partial charge in [0.2, 0.25) is 0 Å². The molecule has 2 N–H and O–H groups in total. The molecule has 0 aliphatic rings. The Kier molecular flexibility index (Phi) is 3.30. The lowest BCUT2D eigenvalue weighted by Gasteiger charge is -2.15. The zero-order chi connectivity index (χ0) is 11.8. The van der Waals surface area contributed by atoms with Gasteiger partial charge in [-0.1, -0.05) is 0 Å². The summed E-state index contributed by atoms with van der Waals surface area (Å²) in [5.74, 6) is -0.508. The Morgan fingerprint density at radius 3 is 2.27 bits per heavy atom. The number of rotatable bonds is 1.